The fourth-order valence-electron chi connectivity index (χ4n) is 6.25. The van der Waals surface area contributed by atoms with Crippen molar-refractivity contribution in [2.45, 2.75) is 32.0 Å². The predicted octanol–water partition coefficient (Wildman–Crippen LogP) is 5.84. The van der Waals surface area contributed by atoms with Gasteiger partial charge in [-0.3, -0.25) is 19.3 Å². The smallest absolute Gasteiger partial charge is 0.269 e. The maximum absolute atomic E-state index is 14.1. The summed E-state index contributed by atoms with van der Waals surface area (Å²) in [4.78, 5) is 44.7. The molecule has 0 aromatic heterocycles. The molecule has 2 heterocycles. The molecule has 0 saturated heterocycles. The molecule has 4 aromatic carbocycles. The molecule has 2 N–H and O–H groups in total. The summed E-state index contributed by atoms with van der Waals surface area (Å²) in [5.74, 6) is -0.844. The monoisotopic (exact) mass is 709 g/mol. The van der Waals surface area contributed by atoms with E-state index in [1.165, 1.54) is 0 Å². The van der Waals surface area contributed by atoms with Gasteiger partial charge < -0.3 is 24.7 Å². The summed E-state index contributed by atoms with van der Waals surface area (Å²) >= 11 is 3.49. The van der Waals surface area contributed by atoms with Gasteiger partial charge in [0.25, 0.3) is 11.8 Å². The molecule has 0 bridgehead atoms. The molecule has 4 aromatic rings. The van der Waals surface area contributed by atoms with Crippen LogP contribution in [0.4, 0.5) is 17.1 Å². The first-order valence-electron chi connectivity index (χ1n) is 15.8. The molecule has 2 atom stereocenters. The van der Waals surface area contributed by atoms with Crippen molar-refractivity contribution in [3.8, 4) is 5.75 Å². The predicted molar refractivity (Wildman–Crippen MR) is 187 cm³/mol. The third-order valence-corrected chi connectivity index (χ3v) is 9.28. The number of aliphatic hydroxyl groups excluding tert-OH is 1. The van der Waals surface area contributed by atoms with Crippen molar-refractivity contribution in [3.63, 3.8) is 0 Å². The minimum absolute atomic E-state index is 0.0542. The van der Waals surface area contributed by atoms with Crippen LogP contribution in [-0.2, 0) is 33.1 Å². The molecule has 48 heavy (non-hydrogen) atoms. The van der Waals surface area contributed by atoms with E-state index in [0.717, 1.165) is 15.6 Å². The number of nitrogens with zero attached hydrogens (tertiary/aromatic N) is 3. The zero-order valence-corrected chi connectivity index (χ0v) is 28.0. The molecule has 0 spiro atoms. The molecule has 2 aliphatic heterocycles. The molecule has 0 aliphatic carbocycles. The van der Waals surface area contributed by atoms with Gasteiger partial charge in [0.1, 0.15) is 5.75 Å². The molecule has 0 saturated carbocycles. The fourth-order valence-corrected chi connectivity index (χ4v) is 6.61. The molecule has 0 fully saturated rings. The summed E-state index contributed by atoms with van der Waals surface area (Å²) in [5, 5.41) is 21.6. The Labute approximate surface area is 287 Å². The van der Waals surface area contributed by atoms with E-state index in [1.54, 1.807) is 39.8 Å². The number of benzene rings is 4. The first-order chi connectivity index (χ1) is 23.2. The van der Waals surface area contributed by atoms with E-state index in [2.05, 4.69) is 15.9 Å². The molecule has 6 rings (SSSR count). The number of carbonyl (C=O) groups is 3. The van der Waals surface area contributed by atoms with Crippen LogP contribution in [0.15, 0.2) is 114 Å². The molecular formula is C38H36BrN3O6. The molecule has 9 nitrogen and oxygen atoms in total. The second kappa shape index (κ2) is 14.1. The van der Waals surface area contributed by atoms with Crippen molar-refractivity contribution in [2.75, 3.05) is 29.6 Å². The lowest BCUT2D eigenvalue weighted by molar-refractivity contribution is -0.139. The SMILES string of the molecule is C[C@H](/C=C/CC(=O)N(CCO)Cc1ccccc1)[C@@]1(O)C(=O)N(Cc2ccc(N3C(=O)COc4ccccc43)cc2)c2ccc(Br)cc21. The van der Waals surface area contributed by atoms with Gasteiger partial charge in [0.15, 0.2) is 12.2 Å². The standard InChI is InChI=1S/C38H36BrN3O6/c1-26(8-7-13-35(44)40(20-21-43)23-27-9-3-2-4-10-27)38(47)31-22-29(39)16-19-32(31)41(37(38)46)24-28-14-17-30(18-15-28)42-33-11-5-6-12-34(33)48-25-36(42)45/h2-12,14-19,22,26,43,47H,13,20-21,23-25H2,1H3/b8-7+/t26-,38+/m1/s1. The first-order valence-corrected chi connectivity index (χ1v) is 16.6. The number of hydrogen-bond acceptors (Lipinski definition) is 6. The van der Waals surface area contributed by atoms with Gasteiger partial charge in [-0.05, 0) is 53.6 Å². The van der Waals surface area contributed by atoms with E-state index in [1.807, 2.05) is 91.0 Å². The van der Waals surface area contributed by atoms with E-state index in [0.29, 0.717) is 34.9 Å². The number of halogens is 1. The van der Waals surface area contributed by atoms with E-state index in [-0.39, 0.29) is 44.5 Å². The largest absolute Gasteiger partial charge is 0.482 e. The van der Waals surface area contributed by atoms with Crippen molar-refractivity contribution in [2.24, 2.45) is 5.92 Å². The minimum Gasteiger partial charge on any atom is -0.482 e. The lowest BCUT2D eigenvalue weighted by atomic mass is 9.83. The molecule has 0 radical (unpaired) electrons. The Morgan fingerprint density at radius 3 is 2.46 bits per heavy atom. The molecule has 0 unspecified atom stereocenters. The Morgan fingerprint density at radius 2 is 1.71 bits per heavy atom. The highest BCUT2D eigenvalue weighted by Crippen LogP contribution is 2.47. The van der Waals surface area contributed by atoms with Crippen molar-refractivity contribution in [3.05, 3.63) is 130 Å². The minimum atomic E-state index is -1.86. The normalized spacial score (nSPS) is 17.7. The Balaban J connectivity index is 1.19. The first kappa shape index (κ1) is 33.1. The Hall–Kier alpha value is -4.77. The van der Waals surface area contributed by atoms with Crippen LogP contribution in [0.5, 0.6) is 5.75 Å². The van der Waals surface area contributed by atoms with E-state index < -0.39 is 17.4 Å². The third kappa shape index (κ3) is 6.51. The number of anilines is 3. The topological polar surface area (TPSA) is 111 Å². The average molecular weight is 711 g/mol. The van der Waals surface area contributed by atoms with Crippen molar-refractivity contribution < 1.29 is 29.3 Å². The fraction of sp³-hybridized carbons (Fsp3) is 0.237. The number of ether oxygens (including phenoxy) is 1. The van der Waals surface area contributed by atoms with Crippen molar-refractivity contribution in [1.82, 2.24) is 4.90 Å². The van der Waals surface area contributed by atoms with E-state index in [4.69, 9.17) is 4.74 Å². The number of aliphatic hydroxyl groups is 2. The number of rotatable bonds is 11. The summed E-state index contributed by atoms with van der Waals surface area (Å²) in [6.45, 7) is 2.33. The van der Waals surface area contributed by atoms with Gasteiger partial charge in [0.05, 0.1) is 24.5 Å². The van der Waals surface area contributed by atoms with Gasteiger partial charge >= 0.3 is 0 Å². The zero-order chi connectivity index (χ0) is 33.8. The van der Waals surface area contributed by atoms with Crippen LogP contribution in [0.2, 0.25) is 0 Å². The van der Waals surface area contributed by atoms with Gasteiger partial charge in [0.2, 0.25) is 5.91 Å². The Kier molecular flexibility index (Phi) is 9.77. The van der Waals surface area contributed by atoms with Crippen LogP contribution >= 0.6 is 15.9 Å². The molecule has 246 valence electrons. The zero-order valence-electron chi connectivity index (χ0n) is 26.5. The lowest BCUT2D eigenvalue weighted by Crippen LogP contribution is -2.44. The Morgan fingerprint density at radius 1 is 0.979 bits per heavy atom. The van der Waals surface area contributed by atoms with Crippen LogP contribution < -0.4 is 14.5 Å². The van der Waals surface area contributed by atoms with Gasteiger partial charge in [-0.15, -0.1) is 0 Å². The highest BCUT2D eigenvalue weighted by Gasteiger charge is 2.52. The van der Waals surface area contributed by atoms with Gasteiger partial charge in [-0.25, -0.2) is 0 Å². The van der Waals surface area contributed by atoms with Crippen LogP contribution in [-0.4, -0.2) is 52.6 Å². The summed E-state index contributed by atoms with van der Waals surface area (Å²) < 4.78 is 6.30. The van der Waals surface area contributed by atoms with E-state index >= 15 is 0 Å². The number of hydrogen-bond donors (Lipinski definition) is 2. The molecule has 2 aliphatic rings. The van der Waals surface area contributed by atoms with Crippen molar-refractivity contribution in [1.29, 1.82) is 0 Å². The highest BCUT2D eigenvalue weighted by molar-refractivity contribution is 9.10. The summed E-state index contributed by atoms with van der Waals surface area (Å²) in [6, 6.07) is 29.7. The number of fused-ring (bicyclic) bond motifs is 2. The average Bonchev–Trinajstić information content (AvgIpc) is 3.30. The third-order valence-electron chi connectivity index (χ3n) is 8.79. The Bertz CT molecular complexity index is 1850. The molecule has 3 amide bonds. The van der Waals surface area contributed by atoms with Crippen LogP contribution in [0.25, 0.3) is 0 Å². The second-order valence-electron chi connectivity index (χ2n) is 11.9. The maximum Gasteiger partial charge on any atom is 0.269 e. The highest BCUT2D eigenvalue weighted by atomic mass is 79.9. The van der Waals surface area contributed by atoms with Gasteiger partial charge in [0, 0.05) is 41.2 Å². The van der Waals surface area contributed by atoms with Crippen LogP contribution in [0.1, 0.15) is 30.0 Å². The van der Waals surface area contributed by atoms with Crippen LogP contribution in [0.3, 0.4) is 0 Å². The second-order valence-corrected chi connectivity index (χ2v) is 12.8. The number of carbonyl (C=O) groups excluding carboxylic acids is 3. The maximum atomic E-state index is 14.1. The summed E-state index contributed by atoms with van der Waals surface area (Å²) in [5.41, 5.74) is 2.33. The van der Waals surface area contributed by atoms with E-state index in [9.17, 15) is 24.6 Å². The van der Waals surface area contributed by atoms with Gasteiger partial charge in [-0.2, -0.15) is 0 Å². The number of para-hydroxylation sites is 2. The molecule has 10 heteroatoms. The molecular weight excluding hydrogens is 674 g/mol. The summed E-state index contributed by atoms with van der Waals surface area (Å²) in [6.07, 6.45) is 3.44. The van der Waals surface area contributed by atoms with Gasteiger partial charge in [-0.1, -0.05) is 89.6 Å². The van der Waals surface area contributed by atoms with Crippen molar-refractivity contribution >= 4 is 50.7 Å². The van der Waals surface area contributed by atoms with Crippen LogP contribution in [0, 0.1) is 5.92 Å². The summed E-state index contributed by atoms with van der Waals surface area (Å²) in [7, 11) is 0. The quantitative estimate of drug-likeness (QED) is 0.189. The lowest BCUT2D eigenvalue weighted by Gasteiger charge is -2.29. The number of amides is 3.